The highest BCUT2D eigenvalue weighted by Gasteiger charge is 2.49. The van der Waals surface area contributed by atoms with Crippen LogP contribution in [0.1, 0.15) is 45.7 Å². The Labute approximate surface area is 268 Å². The van der Waals surface area contributed by atoms with Crippen LogP contribution in [-0.4, -0.2) is 60.1 Å². The second kappa shape index (κ2) is 11.8. The van der Waals surface area contributed by atoms with Gasteiger partial charge < -0.3 is 18.9 Å². The lowest BCUT2D eigenvalue weighted by Gasteiger charge is -2.48. The molecule has 236 valence electrons. The third kappa shape index (κ3) is 4.63. The van der Waals surface area contributed by atoms with Gasteiger partial charge in [0.2, 0.25) is 0 Å². The predicted molar refractivity (Wildman–Crippen MR) is 170 cm³/mol. The fraction of sp³-hybridized carbons (Fsp3) is 0.278. The quantitative estimate of drug-likeness (QED) is 0.251. The number of methoxy groups -OCH3 is 4. The van der Waals surface area contributed by atoms with Crippen molar-refractivity contribution in [2.75, 3.05) is 28.4 Å². The van der Waals surface area contributed by atoms with E-state index in [-0.39, 0.29) is 38.2 Å². The minimum atomic E-state index is -0.713. The molecule has 0 aromatic heterocycles. The zero-order valence-corrected chi connectivity index (χ0v) is 26.3. The van der Waals surface area contributed by atoms with Crippen LogP contribution >= 0.6 is 0 Å². The predicted octanol–water partition coefficient (Wildman–Crippen LogP) is 6.31. The molecule has 4 aromatic rings. The summed E-state index contributed by atoms with van der Waals surface area (Å²) >= 11 is 0. The number of amides is 4. The Morgan fingerprint density at radius 1 is 0.435 bits per heavy atom. The molecular weight excluding hydrogens is 584 g/mol. The molecule has 7 rings (SSSR count). The molecule has 46 heavy (non-hydrogen) atoms. The first kappa shape index (κ1) is 29.3. The standard InChI is InChI=1S/C36H36N4O6/c1-43-29-15-16-30(44-2)26-20-38-33(23-11-7-5-8-12-23)37(19-25(26)29)35(41)39-21-27-28(32(46-4)18-17-31(27)45-3)22-40(36(38)42)34(39)24-13-9-6-10-14-24/h5-18,33-34H,19-22H2,1-4H3. The number of hydrogen-bond acceptors (Lipinski definition) is 6. The number of hydrogen-bond donors (Lipinski definition) is 0. The molecule has 10 heteroatoms. The van der Waals surface area contributed by atoms with Crippen molar-refractivity contribution >= 4 is 12.1 Å². The number of carbonyl (C=O) groups excluding carboxylic acids is 2. The van der Waals surface area contributed by atoms with Crippen LogP contribution in [0, 0.1) is 0 Å². The highest BCUT2D eigenvalue weighted by Crippen LogP contribution is 2.47. The van der Waals surface area contributed by atoms with Crippen molar-refractivity contribution < 1.29 is 28.5 Å². The molecule has 3 aliphatic rings. The molecule has 3 heterocycles. The number of rotatable bonds is 6. The van der Waals surface area contributed by atoms with Crippen molar-refractivity contribution in [3.63, 3.8) is 0 Å². The third-order valence-electron chi connectivity index (χ3n) is 9.24. The van der Waals surface area contributed by atoms with Gasteiger partial charge in [0.25, 0.3) is 0 Å². The van der Waals surface area contributed by atoms with Gasteiger partial charge >= 0.3 is 12.1 Å². The first-order valence-corrected chi connectivity index (χ1v) is 15.2. The zero-order chi connectivity index (χ0) is 31.9. The van der Waals surface area contributed by atoms with Crippen LogP contribution < -0.4 is 18.9 Å². The average Bonchev–Trinajstić information content (AvgIpc) is 3.41. The molecular formula is C36H36N4O6. The van der Waals surface area contributed by atoms with E-state index in [1.807, 2.05) is 84.9 Å². The molecule has 0 N–H and O–H groups in total. The SMILES string of the molecule is COc1ccc(OC)c2c1CN1C(=O)N3Cc4c(OC)ccc(OC)c4CN(C(=O)N(C2)C1c1ccccc1)C3c1ccccc1. The summed E-state index contributed by atoms with van der Waals surface area (Å²) in [5.41, 5.74) is 4.83. The lowest BCUT2D eigenvalue weighted by molar-refractivity contribution is -0.0120. The van der Waals surface area contributed by atoms with Gasteiger partial charge in [-0.05, 0) is 35.4 Å². The Kier molecular flexibility index (Phi) is 7.56. The van der Waals surface area contributed by atoms with Crippen molar-refractivity contribution in [2.24, 2.45) is 0 Å². The van der Waals surface area contributed by atoms with Crippen LogP contribution in [-0.2, 0) is 26.2 Å². The van der Waals surface area contributed by atoms with Gasteiger partial charge in [-0.1, -0.05) is 60.7 Å². The summed E-state index contributed by atoms with van der Waals surface area (Å²) in [7, 11) is 6.46. The second-order valence-corrected chi connectivity index (χ2v) is 11.5. The maximum Gasteiger partial charge on any atom is 0.324 e. The summed E-state index contributed by atoms with van der Waals surface area (Å²) < 4.78 is 23.3. The fourth-order valence-corrected chi connectivity index (χ4v) is 7.11. The minimum absolute atomic E-state index is 0.192. The van der Waals surface area contributed by atoms with Gasteiger partial charge in [0.1, 0.15) is 35.3 Å². The summed E-state index contributed by atoms with van der Waals surface area (Å²) in [6.07, 6.45) is -1.43. The van der Waals surface area contributed by atoms with E-state index in [4.69, 9.17) is 18.9 Å². The Morgan fingerprint density at radius 3 is 0.935 bits per heavy atom. The molecule has 0 saturated carbocycles. The Hall–Kier alpha value is -5.38. The monoisotopic (exact) mass is 620 g/mol. The van der Waals surface area contributed by atoms with Crippen LogP contribution in [0.4, 0.5) is 9.59 Å². The van der Waals surface area contributed by atoms with Gasteiger partial charge in [-0.15, -0.1) is 0 Å². The van der Waals surface area contributed by atoms with Crippen LogP contribution in [0.15, 0.2) is 84.9 Å². The topological polar surface area (TPSA) is 84.0 Å². The minimum Gasteiger partial charge on any atom is -0.496 e. The van der Waals surface area contributed by atoms with Crippen molar-refractivity contribution in [3.8, 4) is 23.0 Å². The number of urea groups is 2. The molecule has 0 atom stereocenters. The molecule has 3 aliphatic heterocycles. The molecule has 1 fully saturated rings. The van der Waals surface area contributed by atoms with E-state index < -0.39 is 12.3 Å². The number of carbonyl (C=O) groups is 2. The van der Waals surface area contributed by atoms with Gasteiger partial charge in [0.15, 0.2) is 0 Å². The molecule has 4 bridgehead atoms. The van der Waals surface area contributed by atoms with Gasteiger partial charge in [0, 0.05) is 22.3 Å². The second-order valence-electron chi connectivity index (χ2n) is 11.5. The van der Waals surface area contributed by atoms with E-state index >= 15 is 9.59 Å². The third-order valence-corrected chi connectivity index (χ3v) is 9.24. The Bertz CT molecular complexity index is 1570. The molecule has 0 radical (unpaired) electrons. The van der Waals surface area contributed by atoms with Gasteiger partial charge in [-0.3, -0.25) is 19.6 Å². The average molecular weight is 621 g/mol. The first-order chi connectivity index (χ1) is 22.5. The Morgan fingerprint density at radius 2 is 0.696 bits per heavy atom. The number of benzene rings is 4. The number of nitrogens with zero attached hydrogens (tertiary/aromatic N) is 4. The largest absolute Gasteiger partial charge is 0.496 e. The lowest BCUT2D eigenvalue weighted by Crippen LogP contribution is -2.59. The van der Waals surface area contributed by atoms with Crippen LogP contribution in [0.3, 0.4) is 0 Å². The van der Waals surface area contributed by atoms with Gasteiger partial charge in [-0.2, -0.15) is 0 Å². The zero-order valence-electron chi connectivity index (χ0n) is 26.3. The Balaban J connectivity index is 1.52. The molecule has 1 saturated heterocycles. The van der Waals surface area contributed by atoms with Crippen molar-refractivity contribution in [3.05, 3.63) is 118 Å². The molecule has 4 aromatic carbocycles. The molecule has 4 amide bonds. The van der Waals surface area contributed by atoms with Crippen LogP contribution in [0.5, 0.6) is 23.0 Å². The van der Waals surface area contributed by atoms with E-state index in [0.717, 1.165) is 33.4 Å². The molecule has 10 nitrogen and oxygen atoms in total. The molecule has 0 spiro atoms. The van der Waals surface area contributed by atoms with Crippen molar-refractivity contribution in [1.29, 1.82) is 0 Å². The van der Waals surface area contributed by atoms with Crippen LogP contribution in [0.2, 0.25) is 0 Å². The van der Waals surface area contributed by atoms with E-state index in [9.17, 15) is 0 Å². The smallest absolute Gasteiger partial charge is 0.324 e. The summed E-state index contributed by atoms with van der Waals surface area (Å²) in [5.74, 6) is 2.50. The van der Waals surface area contributed by atoms with Crippen molar-refractivity contribution in [2.45, 2.75) is 38.5 Å². The highest BCUT2D eigenvalue weighted by atomic mass is 16.5. The summed E-state index contributed by atoms with van der Waals surface area (Å²) in [6.45, 7) is 0.770. The number of fused-ring (bicyclic) bond motifs is 6. The molecule has 0 aliphatic carbocycles. The summed E-state index contributed by atoms with van der Waals surface area (Å²) in [5, 5.41) is 0. The van der Waals surface area contributed by atoms with Crippen LogP contribution in [0.25, 0.3) is 0 Å². The maximum absolute atomic E-state index is 15.4. The summed E-state index contributed by atoms with van der Waals surface area (Å²) in [6, 6.07) is 26.3. The maximum atomic E-state index is 15.4. The van der Waals surface area contributed by atoms with E-state index in [1.165, 1.54) is 0 Å². The molecule has 0 unspecified atom stereocenters. The first-order valence-electron chi connectivity index (χ1n) is 15.2. The fourth-order valence-electron chi connectivity index (χ4n) is 7.11. The highest BCUT2D eigenvalue weighted by molar-refractivity contribution is 5.83. The van der Waals surface area contributed by atoms with Crippen molar-refractivity contribution in [1.82, 2.24) is 19.6 Å². The van der Waals surface area contributed by atoms with E-state index in [0.29, 0.717) is 23.0 Å². The normalized spacial score (nSPS) is 18.9. The van der Waals surface area contributed by atoms with E-state index in [1.54, 1.807) is 48.0 Å². The number of ether oxygens (including phenoxy) is 4. The summed E-state index contributed by atoms with van der Waals surface area (Å²) in [4.78, 5) is 37.9. The lowest BCUT2D eigenvalue weighted by atomic mass is 10.0. The van der Waals surface area contributed by atoms with E-state index in [2.05, 4.69) is 0 Å². The van der Waals surface area contributed by atoms with Gasteiger partial charge in [-0.25, -0.2) is 9.59 Å². The van der Waals surface area contributed by atoms with Gasteiger partial charge in [0.05, 0.1) is 54.6 Å².